The summed E-state index contributed by atoms with van der Waals surface area (Å²) in [6, 6.07) is 6.85. The number of hydrogen-bond donors (Lipinski definition) is 0. The molecule has 0 unspecified atom stereocenters. The smallest absolute Gasteiger partial charge is 0.161 e. The highest BCUT2D eigenvalue weighted by molar-refractivity contribution is 5.79. The van der Waals surface area contributed by atoms with E-state index in [1.807, 2.05) is 6.07 Å². The number of nitrogens with zero attached hydrogens (tertiary/aromatic N) is 2. The largest absolute Gasteiger partial charge is 0.237 e. The Morgan fingerprint density at radius 3 is 2.57 bits per heavy atom. The summed E-state index contributed by atoms with van der Waals surface area (Å²) in [6.45, 7) is 0. The second-order valence-electron chi connectivity index (χ2n) is 2.77. The molecule has 0 saturated heterocycles. The fourth-order valence-corrected chi connectivity index (χ4v) is 1.18. The van der Waals surface area contributed by atoms with Crippen molar-refractivity contribution < 1.29 is 8.78 Å². The van der Waals surface area contributed by atoms with Crippen LogP contribution in [0.1, 0.15) is 5.69 Å². The van der Waals surface area contributed by atoms with Gasteiger partial charge in [0.25, 0.3) is 0 Å². The van der Waals surface area contributed by atoms with Crippen molar-refractivity contribution in [3.63, 3.8) is 0 Å². The first-order valence-electron chi connectivity index (χ1n) is 3.86. The van der Waals surface area contributed by atoms with Crippen LogP contribution >= 0.6 is 0 Å². The second-order valence-corrected chi connectivity index (χ2v) is 2.77. The van der Waals surface area contributed by atoms with E-state index in [-0.39, 0.29) is 11.2 Å². The number of pyridine rings is 1. The predicted octanol–water partition coefficient (Wildman–Crippen LogP) is 2.38. The molecule has 4 heteroatoms. The maximum Gasteiger partial charge on any atom is 0.161 e. The molecule has 0 aliphatic heterocycles. The summed E-state index contributed by atoms with van der Waals surface area (Å²) in [5, 5.41) is 9.02. The van der Waals surface area contributed by atoms with Crippen molar-refractivity contribution in [3.05, 3.63) is 41.6 Å². The number of rotatable bonds is 0. The molecular formula is C10H4F2N2. The van der Waals surface area contributed by atoms with Gasteiger partial charge < -0.3 is 0 Å². The number of nitriles is 1. The van der Waals surface area contributed by atoms with E-state index in [2.05, 4.69) is 4.98 Å². The number of hydrogen-bond acceptors (Lipinski definition) is 2. The Balaban J connectivity index is 2.78. The van der Waals surface area contributed by atoms with Crippen molar-refractivity contribution in [2.24, 2.45) is 0 Å². The molecule has 0 atom stereocenters. The van der Waals surface area contributed by atoms with Crippen molar-refractivity contribution in [3.8, 4) is 6.07 Å². The lowest BCUT2D eigenvalue weighted by atomic mass is 10.2. The highest BCUT2D eigenvalue weighted by Crippen LogP contribution is 2.16. The van der Waals surface area contributed by atoms with E-state index in [1.165, 1.54) is 12.1 Å². The first kappa shape index (κ1) is 8.57. The molecule has 0 spiro atoms. The highest BCUT2D eigenvalue weighted by Gasteiger charge is 2.05. The number of aromatic nitrogens is 1. The van der Waals surface area contributed by atoms with Crippen LogP contribution < -0.4 is 0 Å². The Kier molecular flexibility index (Phi) is 1.86. The molecule has 0 N–H and O–H groups in total. The molecule has 0 fully saturated rings. The van der Waals surface area contributed by atoms with Crippen LogP contribution in [0.4, 0.5) is 8.78 Å². The van der Waals surface area contributed by atoms with Crippen molar-refractivity contribution in [1.82, 2.24) is 4.98 Å². The van der Waals surface area contributed by atoms with Crippen LogP contribution in [-0.4, -0.2) is 4.98 Å². The third kappa shape index (κ3) is 1.29. The van der Waals surface area contributed by atoms with E-state index in [0.717, 1.165) is 12.1 Å². The zero-order valence-corrected chi connectivity index (χ0v) is 6.96. The average Bonchev–Trinajstić information content (AvgIpc) is 2.19. The van der Waals surface area contributed by atoms with E-state index in [9.17, 15) is 8.78 Å². The van der Waals surface area contributed by atoms with Crippen LogP contribution in [0, 0.1) is 23.0 Å². The molecule has 0 saturated carbocycles. The quantitative estimate of drug-likeness (QED) is 0.639. The van der Waals surface area contributed by atoms with Crippen molar-refractivity contribution in [2.45, 2.75) is 0 Å². The Bertz CT molecular complexity index is 544. The van der Waals surface area contributed by atoms with Gasteiger partial charge in [0.05, 0.1) is 5.52 Å². The molecular weight excluding hydrogens is 186 g/mol. The molecule has 0 bridgehead atoms. The molecule has 0 aliphatic carbocycles. The summed E-state index contributed by atoms with van der Waals surface area (Å²) in [5.74, 6) is -1.87. The van der Waals surface area contributed by atoms with Gasteiger partial charge in [0.15, 0.2) is 11.6 Å². The number of halogens is 2. The lowest BCUT2D eigenvalue weighted by Crippen LogP contribution is -1.88. The zero-order valence-electron chi connectivity index (χ0n) is 6.96. The first-order valence-corrected chi connectivity index (χ1v) is 3.86. The third-order valence-electron chi connectivity index (χ3n) is 1.85. The molecule has 0 aliphatic rings. The molecule has 0 amide bonds. The summed E-state index contributed by atoms with van der Waals surface area (Å²) in [4.78, 5) is 3.83. The summed E-state index contributed by atoms with van der Waals surface area (Å²) in [5.41, 5.74) is 0.464. The summed E-state index contributed by atoms with van der Waals surface area (Å²) >= 11 is 0. The normalized spacial score (nSPS) is 10.1. The number of fused-ring (bicyclic) bond motifs is 1. The topological polar surface area (TPSA) is 36.7 Å². The van der Waals surface area contributed by atoms with Crippen molar-refractivity contribution in [2.75, 3.05) is 0 Å². The van der Waals surface area contributed by atoms with Crippen LogP contribution in [0.25, 0.3) is 10.9 Å². The van der Waals surface area contributed by atoms with Gasteiger partial charge in [0.1, 0.15) is 11.8 Å². The third-order valence-corrected chi connectivity index (χ3v) is 1.85. The summed E-state index contributed by atoms with van der Waals surface area (Å²) in [7, 11) is 0. The first-order chi connectivity index (χ1) is 6.70. The average molecular weight is 190 g/mol. The van der Waals surface area contributed by atoms with Crippen molar-refractivity contribution >= 4 is 10.9 Å². The van der Waals surface area contributed by atoms with Gasteiger partial charge in [-0.1, -0.05) is 0 Å². The van der Waals surface area contributed by atoms with E-state index < -0.39 is 11.6 Å². The van der Waals surface area contributed by atoms with Gasteiger partial charge in [-0.25, -0.2) is 13.8 Å². The van der Waals surface area contributed by atoms with Crippen LogP contribution in [0.5, 0.6) is 0 Å². The standard InChI is InChI=1S/C10H4F2N2/c11-8-3-6-1-2-7(5-13)14-10(6)4-9(8)12/h1-4H. The molecule has 1 aromatic heterocycles. The van der Waals surface area contributed by atoms with Gasteiger partial charge >= 0.3 is 0 Å². The van der Waals surface area contributed by atoms with Crippen molar-refractivity contribution in [1.29, 1.82) is 5.26 Å². The molecule has 0 radical (unpaired) electrons. The summed E-state index contributed by atoms with van der Waals surface area (Å²) in [6.07, 6.45) is 0. The molecule has 2 rings (SSSR count). The zero-order chi connectivity index (χ0) is 10.1. The van der Waals surface area contributed by atoms with E-state index in [4.69, 9.17) is 5.26 Å². The van der Waals surface area contributed by atoms with Crippen LogP contribution in [-0.2, 0) is 0 Å². The summed E-state index contributed by atoms with van der Waals surface area (Å²) < 4.78 is 25.5. The maximum absolute atomic E-state index is 12.8. The van der Waals surface area contributed by atoms with E-state index >= 15 is 0 Å². The SMILES string of the molecule is N#Cc1ccc2cc(F)c(F)cc2n1. The number of benzene rings is 1. The minimum atomic E-state index is -0.958. The Labute approximate surface area is 78.4 Å². The molecule has 68 valence electrons. The molecule has 2 aromatic rings. The Hall–Kier alpha value is -2.02. The molecule has 1 heterocycles. The van der Waals surface area contributed by atoms with Crippen LogP contribution in [0.2, 0.25) is 0 Å². The van der Waals surface area contributed by atoms with Gasteiger partial charge in [-0.3, -0.25) is 0 Å². The Morgan fingerprint density at radius 2 is 1.86 bits per heavy atom. The molecule has 1 aromatic carbocycles. The second kappa shape index (κ2) is 3.04. The Morgan fingerprint density at radius 1 is 1.14 bits per heavy atom. The van der Waals surface area contributed by atoms with Crippen LogP contribution in [0.3, 0.4) is 0 Å². The highest BCUT2D eigenvalue weighted by atomic mass is 19.2. The fourth-order valence-electron chi connectivity index (χ4n) is 1.18. The molecule has 2 nitrogen and oxygen atoms in total. The molecule has 14 heavy (non-hydrogen) atoms. The van der Waals surface area contributed by atoms with Gasteiger partial charge in [0, 0.05) is 11.5 Å². The lowest BCUT2D eigenvalue weighted by Gasteiger charge is -1.98. The van der Waals surface area contributed by atoms with Crippen LogP contribution in [0.15, 0.2) is 24.3 Å². The maximum atomic E-state index is 12.8. The van der Waals surface area contributed by atoms with Gasteiger partial charge in [-0.2, -0.15) is 5.26 Å². The predicted molar refractivity (Wildman–Crippen MR) is 46.4 cm³/mol. The fraction of sp³-hybridized carbons (Fsp3) is 0. The van der Waals surface area contributed by atoms with Gasteiger partial charge in [-0.05, 0) is 18.2 Å². The van der Waals surface area contributed by atoms with Gasteiger partial charge in [-0.15, -0.1) is 0 Å². The monoisotopic (exact) mass is 190 g/mol. The minimum absolute atomic E-state index is 0.184. The van der Waals surface area contributed by atoms with E-state index in [0.29, 0.717) is 5.39 Å². The lowest BCUT2D eigenvalue weighted by molar-refractivity contribution is 0.510. The van der Waals surface area contributed by atoms with E-state index in [1.54, 1.807) is 0 Å². The minimum Gasteiger partial charge on any atom is -0.237 e. The van der Waals surface area contributed by atoms with Gasteiger partial charge in [0.2, 0.25) is 0 Å².